The van der Waals surface area contributed by atoms with E-state index in [9.17, 15) is 14.4 Å². The van der Waals surface area contributed by atoms with Crippen molar-refractivity contribution in [3.63, 3.8) is 0 Å². The van der Waals surface area contributed by atoms with Crippen LogP contribution in [0.4, 0.5) is 5.69 Å². The van der Waals surface area contributed by atoms with Crippen LogP contribution in [0.25, 0.3) is 0 Å². The summed E-state index contributed by atoms with van der Waals surface area (Å²) in [5.74, 6) is 0.412. The predicted octanol–water partition coefficient (Wildman–Crippen LogP) is 3.30. The van der Waals surface area contributed by atoms with Gasteiger partial charge in [-0.25, -0.2) is 0 Å². The van der Waals surface area contributed by atoms with Crippen molar-refractivity contribution >= 4 is 23.4 Å². The highest BCUT2D eigenvalue weighted by Gasteiger charge is 2.67. The number of amides is 3. The highest BCUT2D eigenvalue weighted by atomic mass is 16.5. The van der Waals surface area contributed by atoms with Gasteiger partial charge in [0, 0.05) is 6.42 Å². The van der Waals surface area contributed by atoms with Crippen LogP contribution in [0.3, 0.4) is 0 Å². The molecule has 2 aromatic rings. The Morgan fingerprint density at radius 1 is 0.970 bits per heavy atom. The maximum absolute atomic E-state index is 13.7. The lowest BCUT2D eigenvalue weighted by atomic mass is 9.63. The molecular weight excluding hydrogens is 416 g/mol. The number of hydrogen-bond acceptors (Lipinski definition) is 4. The summed E-state index contributed by atoms with van der Waals surface area (Å²) in [6, 6.07) is 15.8. The molecule has 3 amide bonds. The van der Waals surface area contributed by atoms with E-state index in [-0.39, 0.29) is 47.8 Å². The highest BCUT2D eigenvalue weighted by molar-refractivity contribution is 6.11. The van der Waals surface area contributed by atoms with Crippen molar-refractivity contribution in [3.05, 3.63) is 72.3 Å². The molecule has 6 nitrogen and oxygen atoms in total. The summed E-state index contributed by atoms with van der Waals surface area (Å²) < 4.78 is 5.37. The first-order valence-electron chi connectivity index (χ1n) is 11.6. The van der Waals surface area contributed by atoms with Crippen LogP contribution in [0.5, 0.6) is 5.75 Å². The Morgan fingerprint density at radius 3 is 2.21 bits per heavy atom. The first-order chi connectivity index (χ1) is 16.1. The summed E-state index contributed by atoms with van der Waals surface area (Å²) in [7, 11) is 1.54. The molecule has 1 aliphatic heterocycles. The monoisotopic (exact) mass is 442 g/mol. The minimum atomic E-state index is -0.918. The van der Waals surface area contributed by atoms with E-state index in [2.05, 4.69) is 17.5 Å². The number of rotatable bonds is 6. The summed E-state index contributed by atoms with van der Waals surface area (Å²) in [5.41, 5.74) is 1.42. The van der Waals surface area contributed by atoms with E-state index in [1.807, 2.05) is 36.4 Å². The number of carbonyl (C=O) groups is 3. The number of methoxy groups -OCH3 is 1. The van der Waals surface area contributed by atoms with Gasteiger partial charge in [-0.1, -0.05) is 54.6 Å². The molecule has 2 bridgehead atoms. The average Bonchev–Trinajstić information content (AvgIpc) is 3.62. The summed E-state index contributed by atoms with van der Waals surface area (Å²) >= 11 is 0. The van der Waals surface area contributed by atoms with Gasteiger partial charge < -0.3 is 10.1 Å². The molecule has 0 spiro atoms. The smallest absolute Gasteiger partial charge is 0.248 e. The van der Waals surface area contributed by atoms with E-state index in [1.54, 1.807) is 25.3 Å². The highest BCUT2D eigenvalue weighted by Crippen LogP contribution is 2.65. The number of allylic oxidation sites excluding steroid dienone is 2. The van der Waals surface area contributed by atoms with Crippen molar-refractivity contribution in [1.82, 2.24) is 4.90 Å². The summed E-state index contributed by atoms with van der Waals surface area (Å²) in [6.45, 7) is 0. The fourth-order valence-electron chi connectivity index (χ4n) is 6.39. The molecule has 1 N–H and O–H groups in total. The van der Waals surface area contributed by atoms with Crippen LogP contribution in [0.2, 0.25) is 0 Å². The van der Waals surface area contributed by atoms with E-state index in [4.69, 9.17) is 4.74 Å². The fourth-order valence-corrected chi connectivity index (χ4v) is 6.39. The Balaban J connectivity index is 1.34. The second kappa shape index (κ2) is 7.58. The van der Waals surface area contributed by atoms with E-state index in [1.165, 1.54) is 4.90 Å². The summed E-state index contributed by atoms with van der Waals surface area (Å²) in [4.78, 5) is 42.2. The van der Waals surface area contributed by atoms with Crippen LogP contribution < -0.4 is 10.1 Å². The molecular formula is C27H26N2O4. The van der Waals surface area contributed by atoms with Gasteiger partial charge in [0.15, 0.2) is 0 Å². The number of nitrogens with one attached hydrogen (secondary N) is 1. The number of ether oxygens (including phenoxy) is 1. The molecule has 7 rings (SSSR count). The van der Waals surface area contributed by atoms with Gasteiger partial charge in [0.25, 0.3) is 0 Å². The van der Waals surface area contributed by atoms with Crippen molar-refractivity contribution in [2.24, 2.45) is 35.5 Å². The first kappa shape index (κ1) is 20.2. The van der Waals surface area contributed by atoms with Crippen molar-refractivity contribution < 1.29 is 19.1 Å². The third-order valence-electron chi connectivity index (χ3n) is 7.95. The number of hydrogen-bond donors (Lipinski definition) is 1. The molecule has 5 aliphatic rings. The van der Waals surface area contributed by atoms with Gasteiger partial charge >= 0.3 is 0 Å². The van der Waals surface area contributed by atoms with Crippen molar-refractivity contribution in [2.75, 3.05) is 12.4 Å². The van der Waals surface area contributed by atoms with Crippen molar-refractivity contribution in [2.45, 2.75) is 18.9 Å². The topological polar surface area (TPSA) is 75.7 Å². The maximum Gasteiger partial charge on any atom is 0.248 e. The van der Waals surface area contributed by atoms with Gasteiger partial charge in [-0.15, -0.1) is 0 Å². The van der Waals surface area contributed by atoms with Crippen LogP contribution >= 0.6 is 0 Å². The van der Waals surface area contributed by atoms with Crippen LogP contribution in [-0.2, 0) is 20.8 Å². The van der Waals surface area contributed by atoms with Crippen molar-refractivity contribution in [1.29, 1.82) is 0 Å². The summed E-state index contributed by atoms with van der Waals surface area (Å²) in [6.07, 6.45) is 5.68. The van der Waals surface area contributed by atoms with Gasteiger partial charge in [0.2, 0.25) is 17.7 Å². The zero-order chi connectivity index (χ0) is 22.7. The molecule has 2 aromatic carbocycles. The Morgan fingerprint density at radius 2 is 1.58 bits per heavy atom. The normalized spacial score (nSPS) is 31.7. The summed E-state index contributed by atoms with van der Waals surface area (Å²) in [5, 5.41) is 2.91. The standard InChI is InChI=1S/C27H26N2O4/c1-33-22-10-6-5-9-20(22)28-25(30)21(13-15-7-3-2-4-8-15)29-26(31)23-16-11-12-17(19-14-18(16)19)24(23)27(29)32/h2-12,16-19,21,23-24H,13-14H2,1H3,(H,28,30)/t16-,17-,18-,19+,21-,23-,24+/m0/s1. The Bertz CT molecular complexity index is 1120. The molecule has 1 heterocycles. The van der Waals surface area contributed by atoms with Gasteiger partial charge in [0.05, 0.1) is 24.6 Å². The SMILES string of the molecule is COc1ccccc1NC(=O)[C@H](Cc1ccccc1)N1C(=O)[C@@H]2[C@H]3C=C[C@@H]([C@@H]4C[C@H]34)[C@@H]2C1=O. The molecule has 0 aromatic heterocycles. The molecule has 6 heteroatoms. The lowest BCUT2D eigenvalue weighted by molar-refractivity contribution is -0.146. The lowest BCUT2D eigenvalue weighted by Gasteiger charge is -2.37. The Labute approximate surface area is 192 Å². The average molecular weight is 443 g/mol. The Kier molecular flexibility index (Phi) is 4.64. The molecule has 33 heavy (non-hydrogen) atoms. The van der Waals surface area contributed by atoms with E-state index in [0.717, 1.165) is 12.0 Å². The third kappa shape index (κ3) is 3.11. The largest absolute Gasteiger partial charge is 0.495 e. The minimum absolute atomic E-state index is 0.126. The fraction of sp³-hybridized carbons (Fsp3) is 0.370. The number of benzene rings is 2. The van der Waals surface area contributed by atoms with Crippen LogP contribution in [0.1, 0.15) is 12.0 Å². The number of likely N-dealkylation sites (tertiary alicyclic amines) is 1. The first-order valence-corrected chi connectivity index (χ1v) is 11.6. The Hall–Kier alpha value is -3.41. The maximum atomic E-state index is 13.7. The molecule has 0 radical (unpaired) electrons. The molecule has 168 valence electrons. The number of para-hydroxylation sites is 2. The third-order valence-corrected chi connectivity index (χ3v) is 7.95. The van der Waals surface area contributed by atoms with Crippen molar-refractivity contribution in [3.8, 4) is 5.75 Å². The predicted molar refractivity (Wildman–Crippen MR) is 122 cm³/mol. The number of anilines is 1. The zero-order valence-corrected chi connectivity index (χ0v) is 18.4. The molecule has 0 unspecified atom stereocenters. The van der Waals surface area contributed by atoms with Crippen LogP contribution in [0.15, 0.2) is 66.7 Å². The van der Waals surface area contributed by atoms with Gasteiger partial charge in [-0.3, -0.25) is 19.3 Å². The van der Waals surface area contributed by atoms with E-state index < -0.39 is 6.04 Å². The van der Waals surface area contributed by atoms with E-state index in [0.29, 0.717) is 23.3 Å². The second-order valence-electron chi connectivity index (χ2n) is 9.60. The zero-order valence-electron chi connectivity index (χ0n) is 18.4. The van der Waals surface area contributed by atoms with Gasteiger partial charge in [0.1, 0.15) is 11.8 Å². The number of carbonyl (C=O) groups excluding carboxylic acids is 3. The second-order valence-corrected chi connectivity index (χ2v) is 9.60. The molecule has 2 saturated carbocycles. The quantitative estimate of drug-likeness (QED) is 0.550. The van der Waals surface area contributed by atoms with E-state index >= 15 is 0 Å². The molecule has 3 fully saturated rings. The van der Waals surface area contributed by atoms with Gasteiger partial charge in [-0.05, 0) is 47.8 Å². The molecule has 4 aliphatic carbocycles. The molecule has 1 saturated heterocycles. The number of nitrogens with zero attached hydrogens (tertiary/aromatic N) is 1. The molecule has 7 atom stereocenters. The minimum Gasteiger partial charge on any atom is -0.495 e. The van der Waals surface area contributed by atoms with Crippen LogP contribution in [-0.4, -0.2) is 35.8 Å². The lowest BCUT2D eigenvalue weighted by Crippen LogP contribution is -2.49. The van der Waals surface area contributed by atoms with Crippen LogP contribution in [0, 0.1) is 35.5 Å². The van der Waals surface area contributed by atoms with Gasteiger partial charge in [-0.2, -0.15) is 0 Å². The number of imide groups is 1.